The Morgan fingerprint density at radius 1 is 1.38 bits per heavy atom. The van der Waals surface area contributed by atoms with Gasteiger partial charge in [-0.2, -0.15) is 0 Å². The molecule has 0 unspecified atom stereocenters. The molecule has 0 radical (unpaired) electrons. The van der Waals surface area contributed by atoms with Crippen LogP contribution in [0.25, 0.3) is 0 Å². The monoisotopic (exact) mass is 249 g/mol. The van der Waals surface area contributed by atoms with E-state index in [0.717, 1.165) is 12.1 Å². The van der Waals surface area contributed by atoms with Gasteiger partial charge in [0.15, 0.2) is 0 Å². The van der Waals surface area contributed by atoms with Crippen LogP contribution >= 0.6 is 15.9 Å². The van der Waals surface area contributed by atoms with Gasteiger partial charge in [-0.25, -0.2) is 8.78 Å². The molecular formula is C8H6BrF2NO. The van der Waals surface area contributed by atoms with Crippen LogP contribution in [0.5, 0.6) is 0 Å². The molecular weight excluding hydrogens is 244 g/mol. The summed E-state index contributed by atoms with van der Waals surface area (Å²) in [5, 5.41) is 11.1. The number of hydrogen-bond acceptors (Lipinski definition) is 2. The minimum atomic E-state index is -0.636. The van der Waals surface area contributed by atoms with Crippen molar-refractivity contribution in [3.05, 3.63) is 33.8 Å². The van der Waals surface area contributed by atoms with Crippen LogP contribution in [-0.4, -0.2) is 10.9 Å². The fraction of sp³-hybridized carbons (Fsp3) is 0.125. The molecule has 1 aromatic rings. The third-order valence-electron chi connectivity index (χ3n) is 1.55. The summed E-state index contributed by atoms with van der Waals surface area (Å²) in [6.45, 7) is 1.38. The lowest BCUT2D eigenvalue weighted by atomic mass is 10.1. The summed E-state index contributed by atoms with van der Waals surface area (Å²) >= 11 is 2.83. The lowest BCUT2D eigenvalue weighted by Crippen LogP contribution is -2.00. The average Bonchev–Trinajstić information content (AvgIpc) is 2.10. The van der Waals surface area contributed by atoms with Gasteiger partial charge in [0.05, 0.1) is 10.2 Å². The number of hydrogen-bond donors (Lipinski definition) is 1. The average molecular weight is 250 g/mol. The summed E-state index contributed by atoms with van der Waals surface area (Å²) in [4.78, 5) is 0. The van der Waals surface area contributed by atoms with Crippen molar-refractivity contribution in [3.8, 4) is 0 Å². The largest absolute Gasteiger partial charge is 0.411 e. The number of halogens is 3. The fourth-order valence-corrected chi connectivity index (χ4v) is 1.17. The van der Waals surface area contributed by atoms with Gasteiger partial charge >= 0.3 is 0 Å². The zero-order valence-electron chi connectivity index (χ0n) is 6.68. The third-order valence-corrected chi connectivity index (χ3v) is 2.16. The van der Waals surface area contributed by atoms with Gasteiger partial charge in [0.1, 0.15) is 11.6 Å². The first-order valence-corrected chi connectivity index (χ1v) is 4.19. The van der Waals surface area contributed by atoms with E-state index in [4.69, 9.17) is 5.21 Å². The molecule has 70 valence electrons. The Morgan fingerprint density at radius 3 is 2.54 bits per heavy atom. The van der Waals surface area contributed by atoms with Crippen molar-refractivity contribution < 1.29 is 14.0 Å². The molecule has 0 bridgehead atoms. The Kier molecular flexibility index (Phi) is 2.98. The standard InChI is InChI=1S/C8H6BrF2NO/c1-4(12-13)5-2-8(11)6(9)3-7(5)10/h2-3,13H,1H3/b12-4+. The van der Waals surface area contributed by atoms with Crippen LogP contribution in [0, 0.1) is 11.6 Å². The Balaban J connectivity index is 3.32. The van der Waals surface area contributed by atoms with E-state index in [1.54, 1.807) is 0 Å². The van der Waals surface area contributed by atoms with Gasteiger partial charge in [0.2, 0.25) is 0 Å². The van der Waals surface area contributed by atoms with Crippen molar-refractivity contribution in [1.29, 1.82) is 0 Å². The molecule has 0 aliphatic heterocycles. The van der Waals surface area contributed by atoms with Gasteiger partial charge < -0.3 is 5.21 Å². The molecule has 0 amide bonds. The molecule has 0 heterocycles. The van der Waals surface area contributed by atoms with E-state index in [9.17, 15) is 8.78 Å². The van der Waals surface area contributed by atoms with Gasteiger partial charge in [-0.15, -0.1) is 0 Å². The van der Waals surface area contributed by atoms with Crippen molar-refractivity contribution in [2.45, 2.75) is 6.92 Å². The first-order chi connectivity index (χ1) is 6.06. The predicted octanol–water partition coefficient (Wildman–Crippen LogP) is 2.93. The summed E-state index contributed by atoms with van der Waals surface area (Å²) in [6.07, 6.45) is 0. The molecule has 0 aliphatic rings. The van der Waals surface area contributed by atoms with Gasteiger partial charge in [-0.1, -0.05) is 5.16 Å². The van der Waals surface area contributed by atoms with Crippen LogP contribution in [0.3, 0.4) is 0 Å². The summed E-state index contributed by atoms with van der Waals surface area (Å²) < 4.78 is 26.0. The minimum Gasteiger partial charge on any atom is -0.411 e. The van der Waals surface area contributed by atoms with Gasteiger partial charge in [-0.3, -0.25) is 0 Å². The SMILES string of the molecule is C/C(=N\O)c1cc(F)c(Br)cc1F. The van der Waals surface area contributed by atoms with Gasteiger partial charge in [0.25, 0.3) is 0 Å². The van der Waals surface area contributed by atoms with Crippen molar-refractivity contribution in [2.24, 2.45) is 5.16 Å². The second kappa shape index (κ2) is 3.83. The van der Waals surface area contributed by atoms with Crippen molar-refractivity contribution >= 4 is 21.6 Å². The van der Waals surface area contributed by atoms with Crippen molar-refractivity contribution in [1.82, 2.24) is 0 Å². The Morgan fingerprint density at radius 2 is 2.00 bits per heavy atom. The zero-order chi connectivity index (χ0) is 10.0. The molecule has 0 saturated carbocycles. The maximum absolute atomic E-state index is 13.1. The van der Waals surface area contributed by atoms with Gasteiger partial charge in [-0.05, 0) is 35.0 Å². The predicted molar refractivity (Wildman–Crippen MR) is 48.1 cm³/mol. The highest BCUT2D eigenvalue weighted by Gasteiger charge is 2.10. The molecule has 0 saturated heterocycles. The molecule has 0 aromatic heterocycles. The van der Waals surface area contributed by atoms with E-state index in [1.165, 1.54) is 6.92 Å². The van der Waals surface area contributed by atoms with E-state index in [1.807, 2.05) is 0 Å². The Bertz CT molecular complexity index is 365. The lowest BCUT2D eigenvalue weighted by Gasteiger charge is -2.02. The van der Waals surface area contributed by atoms with Crippen LogP contribution in [0.15, 0.2) is 21.8 Å². The number of benzene rings is 1. The first kappa shape index (κ1) is 10.1. The van der Waals surface area contributed by atoms with Crippen molar-refractivity contribution in [2.75, 3.05) is 0 Å². The fourth-order valence-electron chi connectivity index (χ4n) is 0.854. The van der Waals surface area contributed by atoms with Crippen LogP contribution in [0.2, 0.25) is 0 Å². The lowest BCUT2D eigenvalue weighted by molar-refractivity contribution is 0.319. The van der Waals surface area contributed by atoms with Crippen molar-refractivity contribution in [3.63, 3.8) is 0 Å². The third kappa shape index (κ3) is 2.03. The molecule has 2 nitrogen and oxygen atoms in total. The smallest absolute Gasteiger partial charge is 0.138 e. The Hall–Kier alpha value is -0.970. The zero-order valence-corrected chi connectivity index (χ0v) is 8.27. The van der Waals surface area contributed by atoms with E-state index >= 15 is 0 Å². The molecule has 5 heteroatoms. The maximum atomic E-state index is 13.1. The maximum Gasteiger partial charge on any atom is 0.138 e. The highest BCUT2D eigenvalue weighted by molar-refractivity contribution is 9.10. The molecule has 0 spiro atoms. The Labute approximate surface area is 82.0 Å². The van der Waals surface area contributed by atoms with Crippen LogP contribution < -0.4 is 0 Å². The first-order valence-electron chi connectivity index (χ1n) is 3.40. The number of rotatable bonds is 1. The second-order valence-corrected chi connectivity index (χ2v) is 3.29. The summed E-state index contributed by atoms with van der Waals surface area (Å²) in [5.74, 6) is -1.23. The number of oxime groups is 1. The van der Waals surface area contributed by atoms with Crippen LogP contribution in [0.1, 0.15) is 12.5 Å². The molecule has 1 N–H and O–H groups in total. The molecule has 0 atom stereocenters. The van der Waals surface area contributed by atoms with Gasteiger partial charge in [0, 0.05) is 5.56 Å². The van der Waals surface area contributed by atoms with E-state index < -0.39 is 11.6 Å². The van der Waals surface area contributed by atoms with E-state index in [2.05, 4.69) is 21.1 Å². The topological polar surface area (TPSA) is 32.6 Å². The second-order valence-electron chi connectivity index (χ2n) is 2.43. The van der Waals surface area contributed by atoms with Crippen LogP contribution in [-0.2, 0) is 0 Å². The minimum absolute atomic E-state index is 0.0314. The molecule has 0 fully saturated rings. The quantitative estimate of drug-likeness (QED) is 0.353. The molecule has 1 aromatic carbocycles. The summed E-state index contributed by atoms with van der Waals surface area (Å²) in [5.41, 5.74) is -0.0212. The molecule has 1 rings (SSSR count). The molecule has 0 aliphatic carbocycles. The number of nitrogens with zero attached hydrogens (tertiary/aromatic N) is 1. The summed E-state index contributed by atoms with van der Waals surface area (Å²) in [7, 11) is 0. The van der Waals surface area contributed by atoms with E-state index in [0.29, 0.717) is 0 Å². The van der Waals surface area contributed by atoms with Crippen LogP contribution in [0.4, 0.5) is 8.78 Å². The van der Waals surface area contributed by atoms with E-state index in [-0.39, 0.29) is 15.7 Å². The highest BCUT2D eigenvalue weighted by Crippen LogP contribution is 2.20. The summed E-state index contributed by atoms with van der Waals surface area (Å²) in [6, 6.07) is 1.95. The normalized spacial score (nSPS) is 11.8. The highest BCUT2D eigenvalue weighted by atomic mass is 79.9. The molecule has 13 heavy (non-hydrogen) atoms.